The Morgan fingerprint density at radius 1 is 1.12 bits per heavy atom. The molecule has 4 aromatic rings. The van der Waals surface area contributed by atoms with Crippen molar-refractivity contribution in [3.05, 3.63) is 89.9 Å². The minimum Gasteiger partial charge on any atom is -0.353 e. The number of hydrogen-bond acceptors (Lipinski definition) is 5. The summed E-state index contributed by atoms with van der Waals surface area (Å²) in [4.78, 5) is 24.3. The second-order valence-corrected chi connectivity index (χ2v) is 8.02. The quantitative estimate of drug-likeness (QED) is 0.513. The molecule has 7 heteroatoms. The van der Waals surface area contributed by atoms with Crippen LogP contribution in [0.2, 0.25) is 0 Å². The molecule has 1 amide bonds. The number of fused-ring (bicyclic) bond motifs is 1. The van der Waals surface area contributed by atoms with Gasteiger partial charge in [0, 0.05) is 44.5 Å². The predicted octanol–water partition coefficient (Wildman–Crippen LogP) is 3.05. The molecular formula is C25H26N6O. The van der Waals surface area contributed by atoms with Crippen molar-refractivity contribution in [3.63, 3.8) is 0 Å². The van der Waals surface area contributed by atoms with Gasteiger partial charge in [0.25, 0.3) is 5.91 Å². The van der Waals surface area contributed by atoms with Gasteiger partial charge in [0.1, 0.15) is 11.6 Å². The summed E-state index contributed by atoms with van der Waals surface area (Å²) in [5, 5.41) is 6.57. The molecule has 3 heterocycles. The van der Waals surface area contributed by atoms with Crippen molar-refractivity contribution in [1.82, 2.24) is 25.2 Å². The monoisotopic (exact) mass is 426 g/mol. The predicted molar refractivity (Wildman–Crippen MR) is 126 cm³/mol. The lowest BCUT2D eigenvalue weighted by Gasteiger charge is -2.34. The van der Waals surface area contributed by atoms with Crippen molar-refractivity contribution in [2.75, 3.05) is 24.5 Å². The first-order valence-electron chi connectivity index (χ1n) is 10.9. The first kappa shape index (κ1) is 20.2. The summed E-state index contributed by atoms with van der Waals surface area (Å²) in [6, 6.07) is 22.3. The molecule has 1 unspecified atom stereocenters. The van der Waals surface area contributed by atoms with Gasteiger partial charge >= 0.3 is 0 Å². The SMILES string of the molecule is Cn1c(CNC(=O)c2ccnc(N3CCNC(c4ccccc4)C3)c2)nc2ccccc21. The molecule has 5 rings (SSSR count). The molecule has 32 heavy (non-hydrogen) atoms. The molecule has 1 atom stereocenters. The average Bonchev–Trinajstić information content (AvgIpc) is 3.19. The number of benzene rings is 2. The third-order valence-electron chi connectivity index (χ3n) is 6.00. The smallest absolute Gasteiger partial charge is 0.251 e. The molecule has 0 aliphatic carbocycles. The average molecular weight is 427 g/mol. The summed E-state index contributed by atoms with van der Waals surface area (Å²) in [5.74, 6) is 1.51. The van der Waals surface area contributed by atoms with Crippen LogP contribution in [-0.2, 0) is 13.6 Å². The molecule has 0 saturated carbocycles. The summed E-state index contributed by atoms with van der Waals surface area (Å²) >= 11 is 0. The normalized spacial score (nSPS) is 16.3. The fourth-order valence-corrected chi connectivity index (χ4v) is 4.21. The summed E-state index contributed by atoms with van der Waals surface area (Å²) in [5.41, 5.74) is 3.84. The molecule has 1 fully saturated rings. The Morgan fingerprint density at radius 2 is 1.94 bits per heavy atom. The number of rotatable bonds is 5. The Balaban J connectivity index is 1.28. The van der Waals surface area contributed by atoms with Gasteiger partial charge in [-0.3, -0.25) is 4.79 Å². The topological polar surface area (TPSA) is 75.1 Å². The maximum atomic E-state index is 12.9. The van der Waals surface area contributed by atoms with Gasteiger partial charge in [0.05, 0.1) is 17.6 Å². The van der Waals surface area contributed by atoms with E-state index < -0.39 is 0 Å². The minimum absolute atomic E-state index is 0.129. The van der Waals surface area contributed by atoms with Crippen LogP contribution < -0.4 is 15.5 Å². The Kier molecular flexibility index (Phi) is 5.56. The molecule has 1 aliphatic rings. The van der Waals surface area contributed by atoms with Crippen molar-refractivity contribution < 1.29 is 4.79 Å². The van der Waals surface area contributed by atoms with Crippen molar-refractivity contribution in [3.8, 4) is 0 Å². The van der Waals surface area contributed by atoms with Crippen LogP contribution in [-0.4, -0.2) is 40.1 Å². The number of nitrogens with one attached hydrogen (secondary N) is 2. The van der Waals surface area contributed by atoms with Gasteiger partial charge in [-0.2, -0.15) is 0 Å². The van der Waals surface area contributed by atoms with Gasteiger partial charge in [-0.15, -0.1) is 0 Å². The van der Waals surface area contributed by atoms with Gasteiger partial charge < -0.3 is 20.1 Å². The van der Waals surface area contributed by atoms with Crippen LogP contribution in [0.5, 0.6) is 0 Å². The third-order valence-corrected chi connectivity index (χ3v) is 6.00. The molecule has 2 N–H and O–H groups in total. The number of aryl methyl sites for hydroxylation is 1. The highest BCUT2D eigenvalue weighted by atomic mass is 16.1. The van der Waals surface area contributed by atoms with Gasteiger partial charge in [-0.25, -0.2) is 9.97 Å². The summed E-state index contributed by atoms with van der Waals surface area (Å²) in [6.07, 6.45) is 1.71. The van der Waals surface area contributed by atoms with Crippen LogP contribution in [0.25, 0.3) is 11.0 Å². The number of imidazole rings is 1. The summed E-state index contributed by atoms with van der Waals surface area (Å²) in [7, 11) is 1.97. The van der Waals surface area contributed by atoms with E-state index in [9.17, 15) is 4.79 Å². The van der Waals surface area contributed by atoms with Crippen LogP contribution in [0.4, 0.5) is 5.82 Å². The number of aromatic nitrogens is 3. The summed E-state index contributed by atoms with van der Waals surface area (Å²) < 4.78 is 2.01. The maximum absolute atomic E-state index is 12.9. The zero-order chi connectivity index (χ0) is 21.9. The lowest BCUT2D eigenvalue weighted by atomic mass is 10.0. The van der Waals surface area contributed by atoms with Crippen LogP contribution in [0.1, 0.15) is 27.8 Å². The minimum atomic E-state index is -0.129. The van der Waals surface area contributed by atoms with E-state index >= 15 is 0 Å². The van der Waals surface area contributed by atoms with Crippen LogP contribution >= 0.6 is 0 Å². The van der Waals surface area contributed by atoms with Gasteiger partial charge in [-0.1, -0.05) is 42.5 Å². The zero-order valence-electron chi connectivity index (χ0n) is 18.0. The van der Waals surface area contributed by atoms with Gasteiger partial charge in [0.2, 0.25) is 0 Å². The second kappa shape index (κ2) is 8.80. The Labute approximate surface area is 187 Å². The first-order chi connectivity index (χ1) is 15.7. The van der Waals surface area contributed by atoms with E-state index in [1.807, 2.05) is 48.0 Å². The highest BCUT2D eigenvalue weighted by Crippen LogP contribution is 2.22. The molecule has 1 aliphatic heterocycles. The van der Waals surface area contributed by atoms with Crippen LogP contribution in [0, 0.1) is 0 Å². The van der Waals surface area contributed by atoms with Crippen molar-refractivity contribution >= 4 is 22.8 Å². The fraction of sp³-hybridized carbons (Fsp3) is 0.240. The molecule has 7 nitrogen and oxygen atoms in total. The van der Waals surface area contributed by atoms with Gasteiger partial charge in [-0.05, 0) is 29.8 Å². The molecule has 1 saturated heterocycles. The first-order valence-corrected chi connectivity index (χ1v) is 10.9. The number of carbonyl (C=O) groups excluding carboxylic acids is 1. The van der Waals surface area contributed by atoms with E-state index in [0.717, 1.165) is 42.3 Å². The number of hydrogen-bond donors (Lipinski definition) is 2. The lowest BCUT2D eigenvalue weighted by Crippen LogP contribution is -2.46. The Hall–Kier alpha value is -3.71. The van der Waals surface area contributed by atoms with E-state index in [1.165, 1.54) is 5.56 Å². The van der Waals surface area contributed by atoms with Crippen LogP contribution in [0.3, 0.4) is 0 Å². The molecule has 162 valence electrons. The van der Waals surface area contributed by atoms with Crippen molar-refractivity contribution in [2.45, 2.75) is 12.6 Å². The Morgan fingerprint density at radius 3 is 2.78 bits per heavy atom. The molecule has 0 spiro atoms. The standard InChI is InChI=1S/C25H26N6O/c1-30-22-10-6-5-9-20(22)29-24(30)16-28-25(32)19-11-12-27-23(15-19)31-14-13-26-21(17-31)18-7-3-2-4-8-18/h2-12,15,21,26H,13-14,16-17H2,1H3,(H,28,32). The van der Waals surface area contributed by atoms with E-state index in [-0.39, 0.29) is 11.9 Å². The molecule has 0 radical (unpaired) electrons. The summed E-state index contributed by atoms with van der Waals surface area (Å²) in [6.45, 7) is 2.89. The number of carbonyl (C=O) groups is 1. The highest BCUT2D eigenvalue weighted by Gasteiger charge is 2.22. The largest absolute Gasteiger partial charge is 0.353 e. The number of pyridine rings is 1. The number of anilines is 1. The van der Waals surface area contributed by atoms with E-state index in [0.29, 0.717) is 12.1 Å². The number of piperazine rings is 1. The number of nitrogens with zero attached hydrogens (tertiary/aromatic N) is 4. The molecule has 2 aromatic heterocycles. The van der Waals surface area contributed by atoms with Gasteiger partial charge in [0.15, 0.2) is 0 Å². The van der Waals surface area contributed by atoms with Crippen molar-refractivity contribution in [1.29, 1.82) is 0 Å². The van der Waals surface area contributed by atoms with Crippen molar-refractivity contribution in [2.24, 2.45) is 7.05 Å². The van der Waals surface area contributed by atoms with Crippen LogP contribution in [0.15, 0.2) is 72.9 Å². The third kappa shape index (κ3) is 4.07. The molecular weight excluding hydrogens is 400 g/mol. The lowest BCUT2D eigenvalue weighted by molar-refractivity contribution is 0.0949. The highest BCUT2D eigenvalue weighted by molar-refractivity contribution is 5.94. The maximum Gasteiger partial charge on any atom is 0.251 e. The second-order valence-electron chi connectivity index (χ2n) is 8.02. The van der Waals surface area contributed by atoms with E-state index in [1.54, 1.807) is 12.3 Å². The fourth-order valence-electron chi connectivity index (χ4n) is 4.21. The zero-order valence-corrected chi connectivity index (χ0v) is 18.0. The Bertz CT molecular complexity index is 1240. The molecule has 2 aromatic carbocycles. The number of para-hydroxylation sites is 2. The van der Waals surface area contributed by atoms with E-state index in [4.69, 9.17) is 0 Å². The molecule has 0 bridgehead atoms. The number of amides is 1. The van der Waals surface area contributed by atoms with E-state index in [2.05, 4.69) is 49.8 Å².